The molecule has 0 fully saturated rings. The van der Waals surface area contributed by atoms with Gasteiger partial charge in [0.15, 0.2) is 0 Å². The van der Waals surface area contributed by atoms with Gasteiger partial charge in [-0.2, -0.15) is 0 Å². The van der Waals surface area contributed by atoms with Crippen molar-refractivity contribution in [2.75, 3.05) is 7.05 Å². The Kier molecular flexibility index (Phi) is 3.42. The minimum atomic E-state index is 0.388. The van der Waals surface area contributed by atoms with Gasteiger partial charge in [-0.05, 0) is 44.2 Å². The lowest BCUT2D eigenvalue weighted by Crippen LogP contribution is -2.12. The number of nitrogens with one attached hydrogen (secondary N) is 1. The summed E-state index contributed by atoms with van der Waals surface area (Å²) in [5, 5.41) is 3.30. The zero-order valence-corrected chi connectivity index (χ0v) is 10.8. The molecule has 0 aliphatic rings. The van der Waals surface area contributed by atoms with Crippen LogP contribution in [0.25, 0.3) is 10.4 Å². The summed E-state index contributed by atoms with van der Waals surface area (Å²) in [4.78, 5) is 2.72. The van der Waals surface area contributed by atoms with Crippen LogP contribution in [0.4, 0.5) is 0 Å². The van der Waals surface area contributed by atoms with Gasteiger partial charge in [-0.1, -0.05) is 24.3 Å². The van der Waals surface area contributed by atoms with Crippen LogP contribution in [0.15, 0.2) is 36.4 Å². The second-order valence-corrected chi connectivity index (χ2v) is 5.30. The molecule has 2 rings (SSSR count). The quantitative estimate of drug-likeness (QED) is 0.841. The minimum absolute atomic E-state index is 0.388. The maximum absolute atomic E-state index is 3.30. The predicted octanol–water partition coefficient (Wildman–Crippen LogP) is 4.00. The highest BCUT2D eigenvalue weighted by molar-refractivity contribution is 7.15. The van der Waals surface area contributed by atoms with Gasteiger partial charge in [-0.15, -0.1) is 11.3 Å². The van der Waals surface area contributed by atoms with Crippen molar-refractivity contribution in [2.45, 2.75) is 19.9 Å². The third-order valence-electron chi connectivity index (χ3n) is 2.87. The normalized spacial score (nSPS) is 12.7. The fraction of sp³-hybridized carbons (Fsp3) is 0.286. The van der Waals surface area contributed by atoms with E-state index >= 15 is 0 Å². The van der Waals surface area contributed by atoms with Gasteiger partial charge in [-0.25, -0.2) is 0 Å². The lowest BCUT2D eigenvalue weighted by Gasteiger charge is -2.14. The van der Waals surface area contributed by atoms with E-state index in [1.54, 1.807) is 0 Å². The number of thiophene rings is 1. The average molecular weight is 231 g/mol. The topological polar surface area (TPSA) is 12.0 Å². The number of hydrogen-bond acceptors (Lipinski definition) is 2. The maximum atomic E-state index is 3.30. The van der Waals surface area contributed by atoms with E-state index in [9.17, 15) is 0 Å². The van der Waals surface area contributed by atoms with Gasteiger partial charge < -0.3 is 5.32 Å². The molecule has 0 radical (unpaired) electrons. The Labute approximate surface area is 101 Å². The standard InChI is InChI=1S/C14H17NS/c1-10-8-9-14(16-10)13-7-5-4-6-12(13)11(2)15-3/h4-9,11,15H,1-3H3. The molecule has 1 heterocycles. The van der Waals surface area contributed by atoms with Crippen molar-refractivity contribution >= 4 is 11.3 Å². The summed E-state index contributed by atoms with van der Waals surface area (Å²) in [6.07, 6.45) is 0. The van der Waals surface area contributed by atoms with Crippen molar-refractivity contribution in [2.24, 2.45) is 0 Å². The maximum Gasteiger partial charge on any atom is 0.0348 e. The molecule has 1 aromatic carbocycles. The van der Waals surface area contributed by atoms with Crippen molar-refractivity contribution in [3.63, 3.8) is 0 Å². The molecule has 1 unspecified atom stereocenters. The molecule has 1 N–H and O–H groups in total. The van der Waals surface area contributed by atoms with Crippen molar-refractivity contribution in [3.8, 4) is 10.4 Å². The van der Waals surface area contributed by atoms with E-state index in [2.05, 4.69) is 55.6 Å². The van der Waals surface area contributed by atoms with E-state index in [4.69, 9.17) is 0 Å². The third kappa shape index (κ3) is 2.18. The van der Waals surface area contributed by atoms with Crippen LogP contribution < -0.4 is 5.32 Å². The molecule has 2 aromatic rings. The predicted molar refractivity (Wildman–Crippen MR) is 72.0 cm³/mol. The van der Waals surface area contributed by atoms with Gasteiger partial charge in [0.25, 0.3) is 0 Å². The van der Waals surface area contributed by atoms with Gasteiger partial charge in [0, 0.05) is 15.8 Å². The summed E-state index contributed by atoms with van der Waals surface area (Å²) in [7, 11) is 2.00. The van der Waals surface area contributed by atoms with Crippen molar-refractivity contribution in [1.82, 2.24) is 5.32 Å². The van der Waals surface area contributed by atoms with E-state index in [1.165, 1.54) is 20.9 Å². The highest BCUT2D eigenvalue weighted by Gasteiger charge is 2.10. The van der Waals surface area contributed by atoms with Gasteiger partial charge in [0.05, 0.1) is 0 Å². The van der Waals surface area contributed by atoms with Crippen LogP contribution in [0.2, 0.25) is 0 Å². The van der Waals surface area contributed by atoms with Crippen LogP contribution in [-0.2, 0) is 0 Å². The molecule has 0 saturated carbocycles. The minimum Gasteiger partial charge on any atom is -0.313 e. The molecule has 1 aromatic heterocycles. The molecule has 0 aliphatic carbocycles. The fourth-order valence-corrected chi connectivity index (χ4v) is 2.75. The first kappa shape index (κ1) is 11.4. The van der Waals surface area contributed by atoms with E-state index in [0.29, 0.717) is 6.04 Å². The smallest absolute Gasteiger partial charge is 0.0348 e. The fourth-order valence-electron chi connectivity index (χ4n) is 1.83. The van der Waals surface area contributed by atoms with Crippen LogP contribution in [0.1, 0.15) is 23.4 Å². The number of aryl methyl sites for hydroxylation is 1. The van der Waals surface area contributed by atoms with Gasteiger partial charge >= 0.3 is 0 Å². The Balaban J connectivity index is 2.48. The molecule has 84 valence electrons. The molecule has 0 bridgehead atoms. The SMILES string of the molecule is CNC(C)c1ccccc1-c1ccc(C)s1. The van der Waals surface area contributed by atoms with Crippen LogP contribution in [-0.4, -0.2) is 7.05 Å². The number of hydrogen-bond donors (Lipinski definition) is 1. The monoisotopic (exact) mass is 231 g/mol. The Morgan fingerprint density at radius 2 is 1.88 bits per heavy atom. The second-order valence-electron chi connectivity index (χ2n) is 4.01. The lowest BCUT2D eigenvalue weighted by molar-refractivity contribution is 0.654. The second kappa shape index (κ2) is 4.81. The summed E-state index contributed by atoms with van der Waals surface area (Å²) < 4.78 is 0. The molecule has 1 nitrogen and oxygen atoms in total. The van der Waals surface area contributed by atoms with E-state index < -0.39 is 0 Å². The summed E-state index contributed by atoms with van der Waals surface area (Å²) in [6, 6.07) is 13.4. The lowest BCUT2D eigenvalue weighted by atomic mass is 10.0. The van der Waals surface area contributed by atoms with E-state index in [-0.39, 0.29) is 0 Å². The van der Waals surface area contributed by atoms with Crippen LogP contribution >= 0.6 is 11.3 Å². The molecule has 2 heteroatoms. The molecule has 0 amide bonds. The summed E-state index contributed by atoms with van der Waals surface area (Å²) in [6.45, 7) is 4.34. The first-order chi connectivity index (χ1) is 7.72. The first-order valence-electron chi connectivity index (χ1n) is 5.55. The molecule has 1 atom stereocenters. The average Bonchev–Trinajstić information content (AvgIpc) is 2.75. The number of rotatable bonds is 3. The van der Waals surface area contributed by atoms with Gasteiger partial charge in [0.2, 0.25) is 0 Å². The molecular formula is C14H17NS. The highest BCUT2D eigenvalue weighted by atomic mass is 32.1. The Morgan fingerprint density at radius 3 is 2.50 bits per heavy atom. The van der Waals surface area contributed by atoms with E-state index in [1.807, 2.05) is 18.4 Å². The van der Waals surface area contributed by atoms with Crippen molar-refractivity contribution in [1.29, 1.82) is 0 Å². The first-order valence-corrected chi connectivity index (χ1v) is 6.37. The summed E-state index contributed by atoms with van der Waals surface area (Å²) in [5.74, 6) is 0. The van der Waals surface area contributed by atoms with Crippen molar-refractivity contribution in [3.05, 3.63) is 46.8 Å². The molecular weight excluding hydrogens is 214 g/mol. The number of benzene rings is 1. The van der Waals surface area contributed by atoms with Crippen molar-refractivity contribution < 1.29 is 0 Å². The zero-order valence-electron chi connectivity index (χ0n) is 9.95. The molecule has 0 aliphatic heterocycles. The van der Waals surface area contributed by atoms with Crippen LogP contribution in [0.5, 0.6) is 0 Å². The van der Waals surface area contributed by atoms with E-state index in [0.717, 1.165) is 0 Å². The van der Waals surface area contributed by atoms with Gasteiger partial charge in [0.1, 0.15) is 0 Å². The zero-order chi connectivity index (χ0) is 11.5. The Bertz CT molecular complexity index is 473. The van der Waals surface area contributed by atoms with Crippen LogP contribution in [0, 0.1) is 6.92 Å². The molecule has 0 saturated heterocycles. The Hall–Kier alpha value is -1.12. The molecule has 16 heavy (non-hydrogen) atoms. The Morgan fingerprint density at radius 1 is 1.12 bits per heavy atom. The summed E-state index contributed by atoms with van der Waals surface area (Å²) in [5.41, 5.74) is 2.72. The highest BCUT2D eigenvalue weighted by Crippen LogP contribution is 2.32. The summed E-state index contributed by atoms with van der Waals surface area (Å²) >= 11 is 1.86. The van der Waals surface area contributed by atoms with Gasteiger partial charge in [-0.3, -0.25) is 0 Å². The third-order valence-corrected chi connectivity index (χ3v) is 3.90. The van der Waals surface area contributed by atoms with Crippen LogP contribution in [0.3, 0.4) is 0 Å². The largest absolute Gasteiger partial charge is 0.313 e. The molecule has 0 spiro atoms.